The minimum atomic E-state index is 0.532. The third-order valence-electron chi connectivity index (χ3n) is 2.46. The van der Waals surface area contributed by atoms with Crippen LogP contribution in [0.4, 0.5) is 0 Å². The van der Waals surface area contributed by atoms with Gasteiger partial charge >= 0.3 is 0 Å². The van der Waals surface area contributed by atoms with E-state index in [-0.39, 0.29) is 0 Å². The lowest BCUT2D eigenvalue weighted by Crippen LogP contribution is -2.27. The van der Waals surface area contributed by atoms with Gasteiger partial charge in [0.05, 0.1) is 16.6 Å². The largest absolute Gasteiger partial charge is 0.303 e. The van der Waals surface area contributed by atoms with Crippen molar-refractivity contribution in [3.8, 4) is 0 Å². The minimum absolute atomic E-state index is 0.532. The van der Waals surface area contributed by atoms with Crippen molar-refractivity contribution in [1.82, 2.24) is 9.88 Å². The van der Waals surface area contributed by atoms with Crippen LogP contribution in [0.3, 0.4) is 0 Å². The van der Waals surface area contributed by atoms with E-state index < -0.39 is 0 Å². The lowest BCUT2D eigenvalue weighted by Gasteiger charge is -2.19. The Balaban J connectivity index is 2.35. The molecule has 0 saturated carbocycles. The van der Waals surface area contributed by atoms with Gasteiger partial charge < -0.3 is 4.90 Å². The van der Waals surface area contributed by atoms with Crippen LogP contribution in [0.5, 0.6) is 0 Å². The predicted octanol–water partition coefficient (Wildman–Crippen LogP) is 3.55. The first-order valence-electron chi connectivity index (χ1n) is 6.01. The van der Waals surface area contributed by atoms with E-state index >= 15 is 0 Å². The van der Waals surface area contributed by atoms with Crippen molar-refractivity contribution in [1.29, 1.82) is 0 Å². The molecule has 2 nitrogen and oxygen atoms in total. The molecular formula is C12H21ClN2S. The van der Waals surface area contributed by atoms with Crippen LogP contribution >= 0.6 is 22.9 Å². The van der Waals surface area contributed by atoms with E-state index in [1.54, 1.807) is 11.3 Å². The van der Waals surface area contributed by atoms with Crippen molar-refractivity contribution in [3.05, 3.63) is 16.1 Å². The van der Waals surface area contributed by atoms with Crippen molar-refractivity contribution in [3.63, 3.8) is 0 Å². The van der Waals surface area contributed by atoms with Crippen LogP contribution in [0, 0.1) is 0 Å². The monoisotopic (exact) mass is 260 g/mol. The molecule has 0 aliphatic rings. The van der Waals surface area contributed by atoms with Gasteiger partial charge in [0, 0.05) is 18.3 Å². The third-order valence-corrected chi connectivity index (χ3v) is 3.69. The van der Waals surface area contributed by atoms with E-state index in [4.69, 9.17) is 11.6 Å². The molecule has 0 amide bonds. The van der Waals surface area contributed by atoms with Gasteiger partial charge in [-0.1, -0.05) is 13.8 Å². The Kier molecular flexibility index (Phi) is 7.01. The lowest BCUT2D eigenvalue weighted by atomic mass is 10.3. The van der Waals surface area contributed by atoms with Crippen LogP contribution in [0.1, 0.15) is 37.4 Å². The second-order valence-corrected chi connectivity index (χ2v) is 5.17. The standard InChI is InChI=1S/C12H21ClN2S/c1-3-6-15(7-4-2)8-5-12-14-11(9-13)10-16-12/h10H,3-9H2,1-2H3. The van der Waals surface area contributed by atoms with Crippen LogP contribution < -0.4 is 0 Å². The highest BCUT2D eigenvalue weighted by Gasteiger charge is 2.05. The summed E-state index contributed by atoms with van der Waals surface area (Å²) in [7, 11) is 0. The summed E-state index contributed by atoms with van der Waals surface area (Å²) < 4.78 is 0. The Morgan fingerprint density at radius 2 is 1.94 bits per heavy atom. The third kappa shape index (κ3) is 4.81. The summed E-state index contributed by atoms with van der Waals surface area (Å²) in [5.74, 6) is 0.532. The van der Waals surface area contributed by atoms with Gasteiger partial charge in [-0.3, -0.25) is 0 Å². The normalized spacial score (nSPS) is 11.2. The minimum Gasteiger partial charge on any atom is -0.303 e. The van der Waals surface area contributed by atoms with E-state index in [1.807, 2.05) is 0 Å². The molecule has 1 heterocycles. The molecule has 0 saturated heterocycles. The van der Waals surface area contributed by atoms with Gasteiger partial charge in [-0.25, -0.2) is 4.98 Å². The zero-order chi connectivity index (χ0) is 11.8. The first-order chi connectivity index (χ1) is 7.80. The van der Waals surface area contributed by atoms with Gasteiger partial charge in [-0.2, -0.15) is 0 Å². The number of nitrogens with zero attached hydrogens (tertiary/aromatic N) is 2. The molecule has 1 aromatic heterocycles. The summed E-state index contributed by atoms with van der Waals surface area (Å²) in [6.45, 7) is 7.98. The first-order valence-corrected chi connectivity index (χ1v) is 7.43. The molecular weight excluding hydrogens is 240 g/mol. The summed E-state index contributed by atoms with van der Waals surface area (Å²) in [5, 5.41) is 3.28. The first kappa shape index (κ1) is 13.9. The van der Waals surface area contributed by atoms with Crippen LogP contribution in [0.2, 0.25) is 0 Å². The number of thiazole rings is 1. The highest BCUT2D eigenvalue weighted by molar-refractivity contribution is 7.09. The Labute approximate surface area is 108 Å². The van der Waals surface area contributed by atoms with Crippen molar-refractivity contribution in [2.75, 3.05) is 19.6 Å². The fourth-order valence-corrected chi connectivity index (χ4v) is 2.76. The molecule has 0 fully saturated rings. The lowest BCUT2D eigenvalue weighted by molar-refractivity contribution is 0.278. The van der Waals surface area contributed by atoms with Gasteiger partial charge in [-0.15, -0.1) is 22.9 Å². The highest BCUT2D eigenvalue weighted by atomic mass is 35.5. The van der Waals surface area contributed by atoms with E-state index in [1.165, 1.54) is 30.9 Å². The molecule has 0 radical (unpaired) electrons. The zero-order valence-electron chi connectivity index (χ0n) is 10.2. The van der Waals surface area contributed by atoms with Crippen molar-refractivity contribution >= 4 is 22.9 Å². The van der Waals surface area contributed by atoms with Gasteiger partial charge in [0.1, 0.15) is 0 Å². The predicted molar refractivity (Wildman–Crippen MR) is 72.4 cm³/mol. The van der Waals surface area contributed by atoms with Crippen molar-refractivity contribution < 1.29 is 0 Å². The molecule has 0 aliphatic carbocycles. The maximum Gasteiger partial charge on any atom is 0.0941 e. The Morgan fingerprint density at radius 1 is 1.25 bits per heavy atom. The second kappa shape index (κ2) is 8.04. The van der Waals surface area contributed by atoms with E-state index in [0.29, 0.717) is 5.88 Å². The smallest absolute Gasteiger partial charge is 0.0941 e. The summed E-state index contributed by atoms with van der Waals surface area (Å²) in [5.41, 5.74) is 1.01. The Morgan fingerprint density at radius 3 is 2.44 bits per heavy atom. The van der Waals surface area contributed by atoms with Gasteiger partial charge in [-0.05, 0) is 25.9 Å². The van der Waals surface area contributed by atoms with Crippen molar-refractivity contribution in [2.45, 2.75) is 39.0 Å². The molecule has 0 bridgehead atoms. The molecule has 0 unspecified atom stereocenters. The molecule has 0 atom stereocenters. The SMILES string of the molecule is CCCN(CCC)CCc1nc(CCl)cs1. The number of aromatic nitrogens is 1. The molecule has 0 aromatic carbocycles. The number of hydrogen-bond acceptors (Lipinski definition) is 3. The van der Waals surface area contributed by atoms with Crippen LogP contribution in [-0.4, -0.2) is 29.5 Å². The Hall–Kier alpha value is -0.120. The highest BCUT2D eigenvalue weighted by Crippen LogP contribution is 2.12. The molecule has 4 heteroatoms. The molecule has 0 N–H and O–H groups in total. The number of rotatable bonds is 8. The molecule has 92 valence electrons. The van der Waals surface area contributed by atoms with E-state index in [2.05, 4.69) is 29.1 Å². The maximum absolute atomic E-state index is 5.74. The van der Waals surface area contributed by atoms with Crippen LogP contribution in [0.25, 0.3) is 0 Å². The average molecular weight is 261 g/mol. The summed E-state index contributed by atoms with van der Waals surface area (Å²) >= 11 is 7.47. The van der Waals surface area contributed by atoms with Gasteiger partial charge in [0.2, 0.25) is 0 Å². The topological polar surface area (TPSA) is 16.1 Å². The number of halogens is 1. The second-order valence-electron chi connectivity index (χ2n) is 3.96. The summed E-state index contributed by atoms with van der Waals surface area (Å²) in [6.07, 6.45) is 3.51. The number of hydrogen-bond donors (Lipinski definition) is 0. The maximum atomic E-state index is 5.74. The average Bonchev–Trinajstić information content (AvgIpc) is 2.74. The van der Waals surface area contributed by atoms with Crippen LogP contribution in [0.15, 0.2) is 5.38 Å². The molecule has 1 rings (SSSR count). The van der Waals surface area contributed by atoms with Crippen molar-refractivity contribution in [2.24, 2.45) is 0 Å². The molecule has 0 spiro atoms. The fourth-order valence-electron chi connectivity index (χ4n) is 1.75. The fraction of sp³-hybridized carbons (Fsp3) is 0.750. The molecule has 0 aliphatic heterocycles. The zero-order valence-corrected chi connectivity index (χ0v) is 11.8. The quantitative estimate of drug-likeness (QED) is 0.665. The molecule has 1 aromatic rings. The summed E-state index contributed by atoms with van der Waals surface area (Å²) in [4.78, 5) is 7.00. The van der Waals surface area contributed by atoms with Gasteiger partial charge in [0.15, 0.2) is 0 Å². The van der Waals surface area contributed by atoms with E-state index in [0.717, 1.165) is 18.7 Å². The number of alkyl halides is 1. The van der Waals surface area contributed by atoms with E-state index in [9.17, 15) is 0 Å². The Bertz CT molecular complexity index is 282. The van der Waals surface area contributed by atoms with Crippen LogP contribution in [-0.2, 0) is 12.3 Å². The van der Waals surface area contributed by atoms with Gasteiger partial charge in [0.25, 0.3) is 0 Å². The summed E-state index contributed by atoms with van der Waals surface area (Å²) in [6, 6.07) is 0. The molecule has 16 heavy (non-hydrogen) atoms.